The summed E-state index contributed by atoms with van der Waals surface area (Å²) in [4.78, 5) is 14.6. The lowest BCUT2D eigenvalue weighted by atomic mass is 9.89. The highest BCUT2D eigenvalue weighted by molar-refractivity contribution is 5.85. The van der Waals surface area contributed by atoms with Crippen LogP contribution in [0.25, 0.3) is 0 Å². The van der Waals surface area contributed by atoms with Gasteiger partial charge in [-0.1, -0.05) is 13.8 Å². The zero-order chi connectivity index (χ0) is 13.2. The molecular weight excluding hydrogens is 272 g/mol. The molecule has 0 spiro atoms. The normalized spacial score (nSPS) is 43.9. The number of fused-ring (bicyclic) bond motifs is 3. The summed E-state index contributed by atoms with van der Waals surface area (Å²) in [5.41, 5.74) is 0.518. The number of hydrogen-bond acceptors (Lipinski definition) is 2. The molecule has 4 atom stereocenters. The van der Waals surface area contributed by atoms with E-state index in [-0.39, 0.29) is 12.4 Å². The van der Waals surface area contributed by atoms with Crippen LogP contribution in [-0.4, -0.2) is 36.0 Å². The quantitative estimate of drug-likeness (QED) is 0.849. The summed E-state index contributed by atoms with van der Waals surface area (Å²) in [6.45, 7) is 6.78. The lowest BCUT2D eigenvalue weighted by Gasteiger charge is -2.30. The number of amides is 1. The van der Waals surface area contributed by atoms with E-state index in [0.717, 1.165) is 31.3 Å². The van der Waals surface area contributed by atoms with Gasteiger partial charge in [0.25, 0.3) is 0 Å². The Balaban J connectivity index is 0.00000121. The first-order chi connectivity index (χ1) is 9.04. The third-order valence-electron chi connectivity index (χ3n) is 6.51. The Kier molecular flexibility index (Phi) is 3.57. The molecule has 1 aliphatic carbocycles. The Morgan fingerprint density at radius 2 is 1.70 bits per heavy atom. The van der Waals surface area contributed by atoms with Crippen LogP contribution in [0.1, 0.15) is 46.0 Å². The molecule has 3 saturated heterocycles. The highest BCUT2D eigenvalue weighted by atomic mass is 35.5. The van der Waals surface area contributed by atoms with Crippen molar-refractivity contribution in [1.82, 2.24) is 10.2 Å². The van der Waals surface area contributed by atoms with Gasteiger partial charge in [0, 0.05) is 31.6 Å². The van der Waals surface area contributed by atoms with E-state index >= 15 is 0 Å². The van der Waals surface area contributed by atoms with Crippen LogP contribution < -0.4 is 5.32 Å². The van der Waals surface area contributed by atoms with E-state index < -0.39 is 0 Å². The molecule has 3 heterocycles. The molecule has 1 amide bonds. The maximum absolute atomic E-state index is 12.4. The van der Waals surface area contributed by atoms with Gasteiger partial charge in [0.15, 0.2) is 0 Å². The fraction of sp³-hybridized carbons (Fsp3) is 0.938. The number of likely N-dealkylation sites (tertiary alicyclic amines) is 1. The number of piperidine rings is 2. The van der Waals surface area contributed by atoms with E-state index in [0.29, 0.717) is 29.3 Å². The second kappa shape index (κ2) is 4.88. The van der Waals surface area contributed by atoms with Crippen LogP contribution in [0.15, 0.2) is 0 Å². The van der Waals surface area contributed by atoms with Gasteiger partial charge >= 0.3 is 0 Å². The maximum atomic E-state index is 12.4. The smallest absolute Gasteiger partial charge is 0.222 e. The highest BCUT2D eigenvalue weighted by Crippen LogP contribution is 2.62. The Morgan fingerprint density at radius 1 is 1.15 bits per heavy atom. The van der Waals surface area contributed by atoms with E-state index in [9.17, 15) is 4.79 Å². The zero-order valence-corrected chi connectivity index (χ0v) is 13.4. The van der Waals surface area contributed by atoms with Gasteiger partial charge in [-0.2, -0.15) is 0 Å². The van der Waals surface area contributed by atoms with Crippen molar-refractivity contribution in [2.75, 3.05) is 13.1 Å². The van der Waals surface area contributed by atoms with Crippen LogP contribution in [0.5, 0.6) is 0 Å². The summed E-state index contributed by atoms with van der Waals surface area (Å²) in [5.74, 6) is 2.67. The molecule has 1 saturated carbocycles. The van der Waals surface area contributed by atoms with Crippen LogP contribution in [0.2, 0.25) is 0 Å². The topological polar surface area (TPSA) is 32.3 Å². The number of carbonyl (C=O) groups is 1. The van der Waals surface area contributed by atoms with E-state index in [4.69, 9.17) is 0 Å². The Morgan fingerprint density at radius 3 is 2.25 bits per heavy atom. The number of hydrogen-bond donors (Lipinski definition) is 1. The van der Waals surface area contributed by atoms with Gasteiger partial charge in [0.1, 0.15) is 0 Å². The van der Waals surface area contributed by atoms with Crippen LogP contribution in [-0.2, 0) is 4.79 Å². The van der Waals surface area contributed by atoms with Crippen molar-refractivity contribution in [2.45, 2.75) is 58.0 Å². The molecule has 4 fully saturated rings. The second-order valence-electron chi connectivity index (χ2n) is 8.01. The fourth-order valence-electron chi connectivity index (χ4n) is 5.05. The van der Waals surface area contributed by atoms with Gasteiger partial charge in [0.05, 0.1) is 0 Å². The fourth-order valence-corrected chi connectivity index (χ4v) is 5.05. The molecule has 0 aromatic rings. The third kappa shape index (κ3) is 2.27. The van der Waals surface area contributed by atoms with Crippen LogP contribution >= 0.6 is 12.4 Å². The van der Waals surface area contributed by atoms with Crippen molar-refractivity contribution in [2.24, 2.45) is 23.2 Å². The maximum Gasteiger partial charge on any atom is 0.222 e. The number of carbonyl (C=O) groups excluding carboxylic acids is 1. The first kappa shape index (κ1) is 14.6. The summed E-state index contributed by atoms with van der Waals surface area (Å²) in [6.07, 6.45) is 5.94. The van der Waals surface area contributed by atoms with Crippen molar-refractivity contribution in [3.05, 3.63) is 0 Å². The molecule has 4 aliphatic rings. The largest absolute Gasteiger partial charge is 0.342 e. The zero-order valence-electron chi connectivity index (χ0n) is 12.6. The van der Waals surface area contributed by atoms with Crippen molar-refractivity contribution in [1.29, 1.82) is 0 Å². The standard InChI is InChI=1S/C16H26N2O.ClH/c1-16(2)13-8-18(9-14(13)16)15(19)7-10-5-11-3-4-12(6-10)17-11;/h10-14,17H,3-9H2,1-2H3;1H. The monoisotopic (exact) mass is 298 g/mol. The van der Waals surface area contributed by atoms with Crippen LogP contribution in [0.3, 0.4) is 0 Å². The lowest BCUT2D eigenvalue weighted by Crippen LogP contribution is -2.40. The molecule has 3 nitrogen and oxygen atoms in total. The Hall–Kier alpha value is -0.280. The van der Waals surface area contributed by atoms with Gasteiger partial charge in [-0.15, -0.1) is 12.4 Å². The molecule has 20 heavy (non-hydrogen) atoms. The predicted octanol–water partition coefficient (Wildman–Crippen LogP) is 2.44. The molecule has 3 aliphatic heterocycles. The number of rotatable bonds is 2. The van der Waals surface area contributed by atoms with E-state index in [2.05, 4.69) is 24.1 Å². The molecule has 4 heteroatoms. The summed E-state index contributed by atoms with van der Waals surface area (Å²) in [7, 11) is 0. The molecule has 1 N–H and O–H groups in total. The van der Waals surface area contributed by atoms with E-state index in [1.807, 2.05) is 0 Å². The average molecular weight is 299 g/mol. The molecule has 0 aromatic heterocycles. The third-order valence-corrected chi connectivity index (χ3v) is 6.51. The summed E-state index contributed by atoms with van der Waals surface area (Å²) in [6, 6.07) is 1.42. The van der Waals surface area contributed by atoms with Crippen molar-refractivity contribution >= 4 is 18.3 Å². The number of nitrogens with one attached hydrogen (secondary N) is 1. The first-order valence-electron chi connectivity index (χ1n) is 8.08. The molecule has 0 radical (unpaired) electrons. The van der Waals surface area contributed by atoms with Gasteiger partial charge in [0.2, 0.25) is 5.91 Å². The highest BCUT2D eigenvalue weighted by Gasteiger charge is 2.62. The summed E-state index contributed by atoms with van der Waals surface area (Å²) < 4.78 is 0. The van der Waals surface area contributed by atoms with Gasteiger partial charge < -0.3 is 10.2 Å². The Bertz CT molecular complexity index is 385. The summed E-state index contributed by atoms with van der Waals surface area (Å²) >= 11 is 0. The first-order valence-corrected chi connectivity index (χ1v) is 8.08. The molecule has 4 rings (SSSR count). The van der Waals surface area contributed by atoms with Gasteiger partial charge in [-0.05, 0) is 48.9 Å². The summed E-state index contributed by atoms with van der Waals surface area (Å²) in [5, 5.41) is 3.66. The SMILES string of the molecule is CC1(C)C2CN(C(=O)CC3CC4CCC(C3)N4)CC21.Cl. The minimum Gasteiger partial charge on any atom is -0.342 e. The average Bonchev–Trinajstić information content (AvgIpc) is 2.79. The number of halogens is 1. The minimum atomic E-state index is 0. The molecule has 0 aromatic carbocycles. The molecule has 2 bridgehead atoms. The van der Waals surface area contributed by atoms with E-state index in [1.54, 1.807) is 0 Å². The van der Waals surface area contributed by atoms with Crippen molar-refractivity contribution in [3.63, 3.8) is 0 Å². The molecular formula is C16H27ClN2O. The van der Waals surface area contributed by atoms with Gasteiger partial charge in [-0.25, -0.2) is 0 Å². The van der Waals surface area contributed by atoms with Crippen molar-refractivity contribution < 1.29 is 4.79 Å². The number of nitrogens with zero attached hydrogens (tertiary/aromatic N) is 1. The van der Waals surface area contributed by atoms with Crippen molar-refractivity contribution in [3.8, 4) is 0 Å². The molecule has 4 unspecified atom stereocenters. The van der Waals surface area contributed by atoms with Gasteiger partial charge in [-0.3, -0.25) is 4.79 Å². The second-order valence-corrected chi connectivity index (χ2v) is 8.01. The van der Waals surface area contributed by atoms with Crippen LogP contribution in [0.4, 0.5) is 0 Å². The van der Waals surface area contributed by atoms with Crippen LogP contribution in [0, 0.1) is 23.2 Å². The Labute approximate surface area is 128 Å². The van der Waals surface area contributed by atoms with E-state index in [1.165, 1.54) is 25.7 Å². The predicted molar refractivity (Wildman–Crippen MR) is 81.9 cm³/mol. The molecule has 114 valence electrons. The lowest BCUT2D eigenvalue weighted by molar-refractivity contribution is -0.132. The minimum absolute atomic E-state index is 0.